The Kier molecular flexibility index (Phi) is 3.55. The number of hydrogen-bond donors (Lipinski definition) is 1. The zero-order chi connectivity index (χ0) is 13.5. The van der Waals surface area contributed by atoms with E-state index in [1.807, 2.05) is 0 Å². The molecule has 0 amide bonds. The maximum absolute atomic E-state index is 3.62. The van der Waals surface area contributed by atoms with Gasteiger partial charge in [0, 0.05) is 6.04 Å². The van der Waals surface area contributed by atoms with Gasteiger partial charge in [-0.05, 0) is 61.8 Å². The van der Waals surface area contributed by atoms with Crippen molar-refractivity contribution in [3.63, 3.8) is 0 Å². The fraction of sp³-hybridized carbons (Fsp3) is 0.647. The average Bonchev–Trinajstić information content (AvgIpc) is 2.25. The molecule has 1 aromatic carbocycles. The minimum atomic E-state index is 0.376. The molecule has 1 heteroatoms. The molecule has 2 atom stereocenters. The topological polar surface area (TPSA) is 12.0 Å². The van der Waals surface area contributed by atoms with Crippen LogP contribution in [0.5, 0.6) is 0 Å². The van der Waals surface area contributed by atoms with E-state index in [0.29, 0.717) is 17.4 Å². The van der Waals surface area contributed by atoms with Gasteiger partial charge < -0.3 is 5.32 Å². The van der Waals surface area contributed by atoms with E-state index in [2.05, 4.69) is 59.0 Å². The highest BCUT2D eigenvalue weighted by molar-refractivity contribution is 5.42. The molecule has 1 aromatic rings. The van der Waals surface area contributed by atoms with Crippen molar-refractivity contribution in [3.05, 3.63) is 34.4 Å². The number of aryl methyl sites for hydroxylation is 3. The Hall–Kier alpha value is -0.820. The summed E-state index contributed by atoms with van der Waals surface area (Å²) in [5.41, 5.74) is 6.30. The number of hydrogen-bond acceptors (Lipinski definition) is 1. The van der Waals surface area contributed by atoms with Crippen LogP contribution in [0, 0.1) is 26.2 Å². The van der Waals surface area contributed by atoms with Crippen molar-refractivity contribution in [2.75, 3.05) is 6.54 Å². The van der Waals surface area contributed by atoms with E-state index in [4.69, 9.17) is 0 Å². The van der Waals surface area contributed by atoms with Crippen LogP contribution in [0.1, 0.15) is 55.4 Å². The van der Waals surface area contributed by atoms with Gasteiger partial charge in [0.1, 0.15) is 0 Å². The Morgan fingerprint density at radius 3 is 2.17 bits per heavy atom. The van der Waals surface area contributed by atoms with Crippen LogP contribution in [-0.4, -0.2) is 12.6 Å². The smallest absolute Gasteiger partial charge is 0.0130 e. The first-order valence-electron chi connectivity index (χ1n) is 7.19. The zero-order valence-corrected chi connectivity index (χ0v) is 12.7. The standard InChI is InChI=1S/C17H27N/c1-7-18-15-10-14(17(15,5)6)16-12(3)8-11(2)9-13(16)4/h8-9,14-15,18H,7,10H2,1-6H3. The third-order valence-electron chi connectivity index (χ3n) is 4.80. The third-order valence-corrected chi connectivity index (χ3v) is 4.80. The molecule has 1 fully saturated rings. The molecule has 1 aliphatic rings. The van der Waals surface area contributed by atoms with Gasteiger partial charge in [-0.2, -0.15) is 0 Å². The van der Waals surface area contributed by atoms with Gasteiger partial charge in [0.2, 0.25) is 0 Å². The van der Waals surface area contributed by atoms with Crippen LogP contribution >= 0.6 is 0 Å². The summed E-state index contributed by atoms with van der Waals surface area (Å²) >= 11 is 0. The Balaban J connectivity index is 2.30. The Bertz CT molecular complexity index is 422. The summed E-state index contributed by atoms with van der Waals surface area (Å²) in [4.78, 5) is 0. The van der Waals surface area contributed by atoms with E-state index in [1.54, 1.807) is 5.56 Å². The third kappa shape index (κ3) is 2.09. The number of benzene rings is 1. The predicted octanol–water partition coefficient (Wildman–Crippen LogP) is 4.10. The molecule has 1 saturated carbocycles. The SMILES string of the molecule is CCNC1CC(c2c(C)cc(C)cc2C)C1(C)C. The zero-order valence-electron chi connectivity index (χ0n) is 12.7. The maximum Gasteiger partial charge on any atom is 0.0130 e. The van der Waals surface area contributed by atoms with Crippen molar-refractivity contribution in [2.24, 2.45) is 5.41 Å². The van der Waals surface area contributed by atoms with E-state index in [0.717, 1.165) is 6.54 Å². The molecule has 18 heavy (non-hydrogen) atoms. The first kappa shape index (κ1) is 13.6. The number of rotatable bonds is 3. The highest BCUT2D eigenvalue weighted by Gasteiger charge is 2.48. The van der Waals surface area contributed by atoms with Crippen molar-refractivity contribution >= 4 is 0 Å². The van der Waals surface area contributed by atoms with Gasteiger partial charge in [-0.25, -0.2) is 0 Å². The van der Waals surface area contributed by atoms with Crippen LogP contribution in [-0.2, 0) is 0 Å². The fourth-order valence-electron chi connectivity index (χ4n) is 3.75. The molecular formula is C17H27N. The predicted molar refractivity (Wildman–Crippen MR) is 79.3 cm³/mol. The molecule has 1 nitrogen and oxygen atoms in total. The van der Waals surface area contributed by atoms with Gasteiger partial charge in [-0.1, -0.05) is 38.5 Å². The molecule has 0 saturated heterocycles. The molecule has 2 rings (SSSR count). The van der Waals surface area contributed by atoms with Crippen LogP contribution in [0.4, 0.5) is 0 Å². The van der Waals surface area contributed by atoms with Crippen molar-refractivity contribution < 1.29 is 0 Å². The van der Waals surface area contributed by atoms with Crippen LogP contribution in [0.3, 0.4) is 0 Å². The molecule has 100 valence electrons. The Morgan fingerprint density at radius 1 is 1.17 bits per heavy atom. The van der Waals surface area contributed by atoms with E-state index in [-0.39, 0.29) is 0 Å². The Labute approximate surface area is 112 Å². The first-order valence-corrected chi connectivity index (χ1v) is 7.19. The van der Waals surface area contributed by atoms with Crippen LogP contribution < -0.4 is 5.32 Å². The van der Waals surface area contributed by atoms with Gasteiger partial charge in [0.05, 0.1) is 0 Å². The molecule has 2 unspecified atom stereocenters. The van der Waals surface area contributed by atoms with Gasteiger partial charge >= 0.3 is 0 Å². The highest BCUT2D eigenvalue weighted by atomic mass is 15.0. The minimum absolute atomic E-state index is 0.376. The van der Waals surface area contributed by atoms with Crippen molar-refractivity contribution in [3.8, 4) is 0 Å². The van der Waals surface area contributed by atoms with Gasteiger partial charge in [-0.3, -0.25) is 0 Å². The largest absolute Gasteiger partial charge is 0.314 e. The lowest BCUT2D eigenvalue weighted by Gasteiger charge is -2.53. The lowest BCUT2D eigenvalue weighted by atomic mass is 9.55. The second kappa shape index (κ2) is 4.70. The molecule has 1 aliphatic carbocycles. The minimum Gasteiger partial charge on any atom is -0.314 e. The highest BCUT2D eigenvalue weighted by Crippen LogP contribution is 2.53. The summed E-state index contributed by atoms with van der Waals surface area (Å²) in [7, 11) is 0. The molecule has 0 heterocycles. The van der Waals surface area contributed by atoms with Crippen LogP contribution in [0.2, 0.25) is 0 Å². The second-order valence-corrected chi connectivity index (χ2v) is 6.53. The van der Waals surface area contributed by atoms with E-state index in [1.165, 1.54) is 23.1 Å². The van der Waals surface area contributed by atoms with Gasteiger partial charge in [-0.15, -0.1) is 0 Å². The van der Waals surface area contributed by atoms with E-state index >= 15 is 0 Å². The van der Waals surface area contributed by atoms with Crippen molar-refractivity contribution in [1.29, 1.82) is 0 Å². The summed E-state index contributed by atoms with van der Waals surface area (Å²) in [5, 5.41) is 3.62. The molecule has 0 bridgehead atoms. The molecule has 0 spiro atoms. The molecular weight excluding hydrogens is 218 g/mol. The second-order valence-electron chi connectivity index (χ2n) is 6.53. The lowest BCUT2D eigenvalue weighted by Crippen LogP contribution is -2.55. The molecule has 0 radical (unpaired) electrons. The fourth-order valence-corrected chi connectivity index (χ4v) is 3.75. The Morgan fingerprint density at radius 2 is 1.72 bits per heavy atom. The summed E-state index contributed by atoms with van der Waals surface area (Å²) in [5.74, 6) is 0.710. The summed E-state index contributed by atoms with van der Waals surface area (Å²) < 4.78 is 0. The maximum atomic E-state index is 3.62. The summed E-state index contributed by atoms with van der Waals surface area (Å²) in [6.07, 6.45) is 1.28. The monoisotopic (exact) mass is 245 g/mol. The van der Waals surface area contributed by atoms with E-state index in [9.17, 15) is 0 Å². The first-order chi connectivity index (χ1) is 8.37. The lowest BCUT2D eigenvalue weighted by molar-refractivity contribution is 0.0698. The van der Waals surface area contributed by atoms with Gasteiger partial charge in [0.25, 0.3) is 0 Å². The average molecular weight is 245 g/mol. The van der Waals surface area contributed by atoms with Gasteiger partial charge in [0.15, 0.2) is 0 Å². The normalized spacial score (nSPS) is 25.9. The van der Waals surface area contributed by atoms with Crippen LogP contribution in [0.25, 0.3) is 0 Å². The summed E-state index contributed by atoms with van der Waals surface area (Å²) in [6.45, 7) is 14.8. The molecule has 0 aliphatic heterocycles. The van der Waals surface area contributed by atoms with E-state index < -0.39 is 0 Å². The van der Waals surface area contributed by atoms with Crippen molar-refractivity contribution in [2.45, 2.75) is 59.9 Å². The number of nitrogens with one attached hydrogen (secondary N) is 1. The summed E-state index contributed by atoms with van der Waals surface area (Å²) in [6, 6.07) is 5.34. The molecule has 1 N–H and O–H groups in total. The molecule has 0 aromatic heterocycles. The quantitative estimate of drug-likeness (QED) is 0.845. The van der Waals surface area contributed by atoms with Crippen LogP contribution in [0.15, 0.2) is 12.1 Å². The van der Waals surface area contributed by atoms with Crippen molar-refractivity contribution in [1.82, 2.24) is 5.32 Å².